The molecule has 0 radical (unpaired) electrons. The fourth-order valence-corrected chi connectivity index (χ4v) is 2.89. The quantitative estimate of drug-likeness (QED) is 0.219. The second-order valence-electron chi connectivity index (χ2n) is 7.99. The van der Waals surface area contributed by atoms with Gasteiger partial charge in [0.25, 0.3) is 6.47 Å². The van der Waals surface area contributed by atoms with Crippen molar-refractivity contribution in [3.05, 3.63) is 54.4 Å². The van der Waals surface area contributed by atoms with Gasteiger partial charge in [0.1, 0.15) is 11.6 Å². The Kier molecular flexibility index (Phi) is 15.7. The number of carbonyl (C=O) groups is 1. The molecule has 36 heavy (non-hydrogen) atoms. The molecule has 8 heteroatoms. The summed E-state index contributed by atoms with van der Waals surface area (Å²) in [5, 5.41) is 22.5. The maximum Gasteiger partial charge on any atom is 0.290 e. The Morgan fingerprint density at radius 2 is 1.83 bits per heavy atom. The molecule has 0 atom stereocenters. The highest BCUT2D eigenvalue weighted by molar-refractivity contribution is 5.83. The van der Waals surface area contributed by atoms with Gasteiger partial charge in [0.05, 0.1) is 29.3 Å². The van der Waals surface area contributed by atoms with E-state index in [4.69, 9.17) is 19.9 Å². The van der Waals surface area contributed by atoms with Gasteiger partial charge < -0.3 is 20.5 Å². The van der Waals surface area contributed by atoms with Crippen molar-refractivity contribution < 1.29 is 19.0 Å². The normalized spacial score (nSPS) is 10.2. The van der Waals surface area contributed by atoms with Gasteiger partial charge >= 0.3 is 0 Å². The van der Waals surface area contributed by atoms with Crippen LogP contribution in [0.3, 0.4) is 0 Å². The zero-order valence-electron chi connectivity index (χ0n) is 22.2. The Morgan fingerprint density at radius 3 is 2.36 bits per heavy atom. The molecule has 0 amide bonds. The van der Waals surface area contributed by atoms with Crippen molar-refractivity contribution in [2.45, 2.75) is 54.4 Å². The molecule has 0 aromatic heterocycles. The summed E-state index contributed by atoms with van der Waals surface area (Å²) < 4.78 is 20.4. The van der Waals surface area contributed by atoms with Crippen LogP contribution in [0.5, 0.6) is 5.75 Å². The third-order valence-corrected chi connectivity index (χ3v) is 4.65. The average Bonchev–Trinajstić information content (AvgIpc) is 2.85. The molecule has 2 rings (SSSR count). The number of nitriles is 1. The van der Waals surface area contributed by atoms with E-state index in [2.05, 4.69) is 28.3 Å². The number of halogens is 1. The molecular weight excluding hydrogens is 459 g/mol. The minimum Gasteiger partial charge on any atom is -0.493 e. The van der Waals surface area contributed by atoms with E-state index >= 15 is 0 Å². The highest BCUT2D eigenvalue weighted by Gasteiger charge is 2.16. The third kappa shape index (κ3) is 11.5. The lowest BCUT2D eigenvalue weighted by molar-refractivity contribution is -0.122. The Bertz CT molecular complexity index is 1010. The minimum atomic E-state index is -0.440. The average molecular weight is 499 g/mol. The van der Waals surface area contributed by atoms with Crippen molar-refractivity contribution in [3.63, 3.8) is 0 Å². The Balaban J connectivity index is 0.00000227. The first kappa shape index (κ1) is 32.1. The maximum absolute atomic E-state index is 14.9. The molecule has 0 unspecified atom stereocenters. The first-order valence-electron chi connectivity index (χ1n) is 12.0. The van der Waals surface area contributed by atoms with Gasteiger partial charge in [0, 0.05) is 42.0 Å². The van der Waals surface area contributed by atoms with Gasteiger partial charge in [-0.3, -0.25) is 9.79 Å². The van der Waals surface area contributed by atoms with Crippen LogP contribution in [-0.4, -0.2) is 30.9 Å². The number of carboxylic acid groups (broad SMARTS) is 1. The molecule has 2 aromatic carbocycles. The fourth-order valence-electron chi connectivity index (χ4n) is 2.89. The number of benzene rings is 2. The number of hydrogen-bond acceptors (Lipinski definition) is 6. The lowest BCUT2D eigenvalue weighted by Crippen LogP contribution is -2.14. The molecule has 0 aliphatic heterocycles. The summed E-state index contributed by atoms with van der Waals surface area (Å²) in [6.07, 6.45) is 3.20. The van der Waals surface area contributed by atoms with Gasteiger partial charge in [0.2, 0.25) is 0 Å². The van der Waals surface area contributed by atoms with E-state index in [9.17, 15) is 4.39 Å². The van der Waals surface area contributed by atoms with Gasteiger partial charge in [-0.2, -0.15) is 5.26 Å². The lowest BCUT2D eigenvalue weighted by atomic mass is 9.91. The first-order chi connectivity index (χ1) is 17.2. The highest BCUT2D eigenvalue weighted by atomic mass is 19.1. The molecule has 0 spiro atoms. The molecule has 7 nitrogen and oxygen atoms in total. The van der Waals surface area contributed by atoms with E-state index in [-0.39, 0.29) is 11.9 Å². The summed E-state index contributed by atoms with van der Waals surface area (Å²) in [5.74, 6) is 0.0107. The molecule has 0 aliphatic rings. The molecule has 0 fully saturated rings. The summed E-state index contributed by atoms with van der Waals surface area (Å²) >= 11 is 0. The van der Waals surface area contributed by atoms with E-state index in [1.807, 2.05) is 58.9 Å². The van der Waals surface area contributed by atoms with Crippen LogP contribution in [0.2, 0.25) is 0 Å². The molecule has 0 bridgehead atoms. The Morgan fingerprint density at radius 1 is 1.25 bits per heavy atom. The van der Waals surface area contributed by atoms with Crippen LogP contribution in [-0.2, 0) is 4.79 Å². The second kappa shape index (κ2) is 17.6. The fraction of sp³-hybridized carbons (Fsp3) is 0.393. The summed E-state index contributed by atoms with van der Waals surface area (Å²) in [6, 6.07) is 13.0. The van der Waals surface area contributed by atoms with Crippen LogP contribution in [0.4, 0.5) is 21.5 Å². The molecular formula is C28H39FN4O3. The molecule has 3 N–H and O–H groups in total. The number of nitrogens with zero attached hydrogens (tertiary/aromatic N) is 2. The molecule has 0 aliphatic carbocycles. The molecule has 0 saturated carbocycles. The maximum atomic E-state index is 14.9. The lowest BCUT2D eigenvalue weighted by Gasteiger charge is -2.17. The number of hydrogen-bond donors (Lipinski definition) is 3. The zero-order valence-corrected chi connectivity index (χ0v) is 22.2. The molecule has 0 heterocycles. The topological polar surface area (TPSA) is 107 Å². The van der Waals surface area contributed by atoms with Crippen molar-refractivity contribution in [2.75, 3.05) is 23.8 Å². The second-order valence-corrected chi connectivity index (χ2v) is 7.99. The Labute approximate surface area is 214 Å². The predicted octanol–water partition coefficient (Wildman–Crippen LogP) is 7.50. The van der Waals surface area contributed by atoms with Crippen molar-refractivity contribution in [1.29, 1.82) is 5.26 Å². The van der Waals surface area contributed by atoms with Crippen LogP contribution in [0.15, 0.2) is 48.0 Å². The van der Waals surface area contributed by atoms with E-state index in [0.29, 0.717) is 35.8 Å². The smallest absolute Gasteiger partial charge is 0.290 e. The number of anilines is 2. The standard InChI is InChI=1S/C25H31FN4O.C2H6.CH2O2/c1-6-14-31-21-15-22(26)24(23(16-21)28-7-2)18(3)30-20-10-8-19(9-11-20)29-13-12-25(4,5)17-27;1-2;2-1-3/h7-11,15-16,29-30H,3,6,12-14H2,1-2,4-5H3;1-2H3;1H,(H,2,3). The van der Waals surface area contributed by atoms with Gasteiger partial charge in [-0.15, -0.1) is 0 Å². The molecule has 2 aromatic rings. The van der Waals surface area contributed by atoms with Crippen LogP contribution < -0.4 is 15.4 Å². The van der Waals surface area contributed by atoms with Gasteiger partial charge in [-0.1, -0.05) is 27.4 Å². The van der Waals surface area contributed by atoms with Crippen LogP contribution >= 0.6 is 0 Å². The number of nitrogens with one attached hydrogen (secondary N) is 2. The minimum absolute atomic E-state index is 0.250. The van der Waals surface area contributed by atoms with Gasteiger partial charge in [-0.25, -0.2) is 4.39 Å². The third-order valence-electron chi connectivity index (χ3n) is 4.65. The van der Waals surface area contributed by atoms with Crippen molar-refractivity contribution >= 4 is 35.4 Å². The zero-order chi connectivity index (χ0) is 27.6. The number of rotatable bonds is 11. The monoisotopic (exact) mass is 498 g/mol. The van der Waals surface area contributed by atoms with Crippen molar-refractivity contribution in [3.8, 4) is 11.8 Å². The predicted molar refractivity (Wildman–Crippen MR) is 148 cm³/mol. The van der Waals surface area contributed by atoms with Crippen LogP contribution in [0.1, 0.15) is 59.9 Å². The van der Waals surface area contributed by atoms with E-state index < -0.39 is 5.82 Å². The van der Waals surface area contributed by atoms with Crippen molar-refractivity contribution in [2.24, 2.45) is 10.4 Å². The Hall–Kier alpha value is -3.86. The van der Waals surface area contributed by atoms with Gasteiger partial charge in [-0.05, 0) is 57.9 Å². The number of ether oxygens (including phenoxy) is 1. The van der Waals surface area contributed by atoms with E-state index in [1.165, 1.54) is 6.07 Å². The summed E-state index contributed by atoms with van der Waals surface area (Å²) in [5.41, 5.74) is 2.56. The van der Waals surface area contributed by atoms with Crippen LogP contribution in [0.25, 0.3) is 5.70 Å². The summed E-state index contributed by atoms with van der Waals surface area (Å²) in [6.45, 7) is 16.6. The van der Waals surface area contributed by atoms with Crippen LogP contribution in [0, 0.1) is 22.6 Å². The number of aliphatic imine (C=N–C) groups is 1. The van der Waals surface area contributed by atoms with Gasteiger partial charge in [0.15, 0.2) is 0 Å². The summed E-state index contributed by atoms with van der Waals surface area (Å²) in [7, 11) is 0. The SMILES string of the molecule is C=C(Nc1ccc(NCCC(C)(C)C#N)cc1)c1c(F)cc(OCCC)cc1N=CC.CC.O=CO. The summed E-state index contributed by atoms with van der Waals surface area (Å²) in [4.78, 5) is 12.7. The first-order valence-corrected chi connectivity index (χ1v) is 12.0. The molecule has 0 saturated heterocycles. The van der Waals surface area contributed by atoms with E-state index in [1.54, 1.807) is 19.2 Å². The van der Waals surface area contributed by atoms with E-state index in [0.717, 1.165) is 24.2 Å². The largest absolute Gasteiger partial charge is 0.493 e. The molecule has 196 valence electrons. The highest BCUT2D eigenvalue weighted by Crippen LogP contribution is 2.33. The van der Waals surface area contributed by atoms with Crippen molar-refractivity contribution in [1.82, 2.24) is 0 Å².